The molecule has 1 aromatic rings. The van der Waals surface area contributed by atoms with Crippen LogP contribution in [0.25, 0.3) is 0 Å². The molecule has 5 heteroatoms. The Labute approximate surface area is 99.7 Å². The van der Waals surface area contributed by atoms with E-state index in [9.17, 15) is 15.0 Å². The van der Waals surface area contributed by atoms with Crippen molar-refractivity contribution in [3.63, 3.8) is 0 Å². The van der Waals surface area contributed by atoms with Crippen LogP contribution in [0.3, 0.4) is 0 Å². The van der Waals surface area contributed by atoms with Crippen molar-refractivity contribution in [2.75, 3.05) is 19.6 Å². The van der Waals surface area contributed by atoms with Gasteiger partial charge in [0.2, 0.25) is 0 Å². The third-order valence-corrected chi connectivity index (χ3v) is 2.81. The van der Waals surface area contributed by atoms with Gasteiger partial charge in [-0.3, -0.25) is 4.79 Å². The molecule has 0 aliphatic carbocycles. The van der Waals surface area contributed by atoms with E-state index in [4.69, 9.17) is 0 Å². The van der Waals surface area contributed by atoms with Crippen molar-refractivity contribution in [1.82, 2.24) is 10.2 Å². The molecule has 1 atom stereocenters. The highest BCUT2D eigenvalue weighted by Crippen LogP contribution is 2.21. The molecule has 0 bridgehead atoms. The second-order valence-electron chi connectivity index (χ2n) is 4.34. The zero-order valence-electron chi connectivity index (χ0n) is 9.68. The van der Waals surface area contributed by atoms with E-state index in [0.717, 1.165) is 6.54 Å². The fourth-order valence-electron chi connectivity index (χ4n) is 2.02. The number of carbonyl (C=O) groups excluding carboxylic acids is 1. The summed E-state index contributed by atoms with van der Waals surface area (Å²) < 4.78 is 0. The minimum atomic E-state index is -0.162. The number of hydrogen-bond donors (Lipinski definition) is 3. The second-order valence-corrected chi connectivity index (χ2v) is 4.34. The smallest absolute Gasteiger partial charge is 0.254 e. The topological polar surface area (TPSA) is 72.8 Å². The van der Waals surface area contributed by atoms with Crippen LogP contribution in [0.15, 0.2) is 18.2 Å². The van der Waals surface area contributed by atoms with Crippen molar-refractivity contribution >= 4 is 5.91 Å². The highest BCUT2D eigenvalue weighted by molar-refractivity contribution is 5.95. The molecule has 1 amide bonds. The fraction of sp³-hybridized carbons (Fsp3) is 0.417. The summed E-state index contributed by atoms with van der Waals surface area (Å²) >= 11 is 0. The van der Waals surface area contributed by atoms with E-state index in [1.807, 2.05) is 6.92 Å². The molecule has 17 heavy (non-hydrogen) atoms. The third kappa shape index (κ3) is 2.68. The van der Waals surface area contributed by atoms with Gasteiger partial charge in [0.25, 0.3) is 5.91 Å². The SMILES string of the molecule is CC1CN(C(=O)c2cc(O)cc(O)c2)CCN1. The zero-order chi connectivity index (χ0) is 12.4. The summed E-state index contributed by atoms with van der Waals surface area (Å²) in [5.41, 5.74) is 0.316. The molecular weight excluding hydrogens is 220 g/mol. The van der Waals surface area contributed by atoms with E-state index in [1.165, 1.54) is 18.2 Å². The molecule has 3 N–H and O–H groups in total. The first-order valence-electron chi connectivity index (χ1n) is 5.62. The number of phenols is 2. The lowest BCUT2D eigenvalue weighted by molar-refractivity contribution is 0.0708. The van der Waals surface area contributed by atoms with Crippen LogP contribution in [0.5, 0.6) is 11.5 Å². The average Bonchev–Trinajstić information content (AvgIpc) is 2.26. The maximum absolute atomic E-state index is 12.1. The number of phenolic OH excluding ortho intramolecular Hbond substituents is 2. The molecule has 1 aromatic carbocycles. The monoisotopic (exact) mass is 236 g/mol. The summed E-state index contributed by atoms with van der Waals surface area (Å²) in [6.07, 6.45) is 0. The lowest BCUT2D eigenvalue weighted by Gasteiger charge is -2.32. The number of piperazine rings is 1. The highest BCUT2D eigenvalue weighted by Gasteiger charge is 2.22. The van der Waals surface area contributed by atoms with E-state index < -0.39 is 0 Å². The van der Waals surface area contributed by atoms with E-state index in [-0.39, 0.29) is 23.4 Å². The van der Waals surface area contributed by atoms with Crippen molar-refractivity contribution in [2.45, 2.75) is 13.0 Å². The van der Waals surface area contributed by atoms with E-state index in [0.29, 0.717) is 18.7 Å². The molecule has 0 radical (unpaired) electrons. The predicted molar refractivity (Wildman–Crippen MR) is 63.1 cm³/mol. The quantitative estimate of drug-likeness (QED) is 0.665. The van der Waals surface area contributed by atoms with Crippen LogP contribution in [-0.2, 0) is 0 Å². The Hall–Kier alpha value is -1.75. The molecule has 2 rings (SSSR count). The molecule has 1 fully saturated rings. The Bertz CT molecular complexity index is 414. The van der Waals surface area contributed by atoms with Gasteiger partial charge in [-0.05, 0) is 19.1 Å². The van der Waals surface area contributed by atoms with Crippen LogP contribution < -0.4 is 5.32 Å². The highest BCUT2D eigenvalue weighted by atomic mass is 16.3. The average molecular weight is 236 g/mol. The molecule has 0 aromatic heterocycles. The van der Waals surface area contributed by atoms with Gasteiger partial charge in [-0.15, -0.1) is 0 Å². The summed E-state index contributed by atoms with van der Waals surface area (Å²) in [6.45, 7) is 4.05. The van der Waals surface area contributed by atoms with Gasteiger partial charge < -0.3 is 20.4 Å². The molecule has 1 unspecified atom stereocenters. The van der Waals surface area contributed by atoms with E-state index in [2.05, 4.69) is 5.32 Å². The van der Waals surface area contributed by atoms with Gasteiger partial charge in [0.1, 0.15) is 11.5 Å². The van der Waals surface area contributed by atoms with Gasteiger partial charge in [0.05, 0.1) is 0 Å². The van der Waals surface area contributed by atoms with Gasteiger partial charge in [0.15, 0.2) is 0 Å². The Balaban J connectivity index is 2.18. The lowest BCUT2D eigenvalue weighted by Crippen LogP contribution is -2.51. The normalized spacial score (nSPS) is 20.3. The maximum Gasteiger partial charge on any atom is 0.254 e. The Morgan fingerprint density at radius 1 is 1.35 bits per heavy atom. The van der Waals surface area contributed by atoms with Crippen LogP contribution in [0.4, 0.5) is 0 Å². The van der Waals surface area contributed by atoms with Crippen LogP contribution >= 0.6 is 0 Å². The lowest BCUT2D eigenvalue weighted by atomic mass is 10.1. The van der Waals surface area contributed by atoms with Gasteiger partial charge in [0, 0.05) is 37.3 Å². The molecule has 5 nitrogen and oxygen atoms in total. The van der Waals surface area contributed by atoms with Crippen LogP contribution in [0.1, 0.15) is 17.3 Å². The fourth-order valence-corrected chi connectivity index (χ4v) is 2.02. The predicted octanol–water partition coefficient (Wildman–Crippen LogP) is 0.532. The number of benzene rings is 1. The molecule has 0 spiro atoms. The Kier molecular flexibility index (Phi) is 3.19. The molecule has 1 aliphatic heterocycles. The van der Waals surface area contributed by atoms with Crippen molar-refractivity contribution < 1.29 is 15.0 Å². The van der Waals surface area contributed by atoms with Gasteiger partial charge in [-0.2, -0.15) is 0 Å². The van der Waals surface area contributed by atoms with Gasteiger partial charge in [-0.1, -0.05) is 0 Å². The maximum atomic E-state index is 12.1. The first-order valence-corrected chi connectivity index (χ1v) is 5.62. The van der Waals surface area contributed by atoms with Crippen LogP contribution in [0.2, 0.25) is 0 Å². The molecule has 0 saturated carbocycles. The standard InChI is InChI=1S/C12H16N2O3/c1-8-7-14(3-2-13-8)12(17)9-4-10(15)6-11(16)5-9/h4-6,8,13,15-16H,2-3,7H2,1H3. The van der Waals surface area contributed by atoms with Crippen LogP contribution in [-0.4, -0.2) is 46.7 Å². The second kappa shape index (κ2) is 4.63. The molecular formula is C12H16N2O3. The van der Waals surface area contributed by atoms with Crippen molar-refractivity contribution in [3.8, 4) is 11.5 Å². The minimum Gasteiger partial charge on any atom is -0.508 e. The Morgan fingerprint density at radius 3 is 2.59 bits per heavy atom. The van der Waals surface area contributed by atoms with Crippen molar-refractivity contribution in [1.29, 1.82) is 0 Å². The number of nitrogens with one attached hydrogen (secondary N) is 1. The molecule has 1 aliphatic rings. The summed E-state index contributed by atoms with van der Waals surface area (Å²) in [4.78, 5) is 13.8. The molecule has 1 saturated heterocycles. The zero-order valence-corrected chi connectivity index (χ0v) is 9.68. The number of rotatable bonds is 1. The minimum absolute atomic E-state index is 0.100. The van der Waals surface area contributed by atoms with Crippen molar-refractivity contribution in [3.05, 3.63) is 23.8 Å². The summed E-state index contributed by atoms with van der Waals surface area (Å²) in [7, 11) is 0. The van der Waals surface area contributed by atoms with Gasteiger partial charge in [-0.25, -0.2) is 0 Å². The number of nitrogens with zero attached hydrogens (tertiary/aromatic N) is 1. The largest absolute Gasteiger partial charge is 0.508 e. The van der Waals surface area contributed by atoms with E-state index >= 15 is 0 Å². The number of amides is 1. The van der Waals surface area contributed by atoms with E-state index in [1.54, 1.807) is 4.90 Å². The number of aromatic hydroxyl groups is 2. The van der Waals surface area contributed by atoms with Crippen molar-refractivity contribution in [2.24, 2.45) is 0 Å². The van der Waals surface area contributed by atoms with Crippen LogP contribution in [0, 0.1) is 0 Å². The Morgan fingerprint density at radius 2 is 2.00 bits per heavy atom. The number of carbonyl (C=O) groups is 1. The van der Waals surface area contributed by atoms with Gasteiger partial charge >= 0.3 is 0 Å². The summed E-state index contributed by atoms with van der Waals surface area (Å²) in [6, 6.07) is 4.21. The first-order chi connectivity index (χ1) is 8.06. The third-order valence-electron chi connectivity index (χ3n) is 2.81. The molecule has 1 heterocycles. The number of hydrogen-bond acceptors (Lipinski definition) is 4. The summed E-state index contributed by atoms with van der Waals surface area (Å²) in [5, 5.41) is 21.9. The molecule has 92 valence electrons. The summed E-state index contributed by atoms with van der Waals surface area (Å²) in [5.74, 6) is -0.363. The first kappa shape index (κ1) is 11.7.